The average Bonchev–Trinajstić information content (AvgIpc) is 2.44. The highest BCUT2D eigenvalue weighted by Gasteiger charge is 2.17. The monoisotopic (exact) mass is 354 g/mol. The summed E-state index contributed by atoms with van der Waals surface area (Å²) in [5, 5.41) is 3.13. The van der Waals surface area contributed by atoms with Crippen LogP contribution in [0.1, 0.15) is 51.6 Å². The van der Waals surface area contributed by atoms with Gasteiger partial charge in [0.2, 0.25) is 5.91 Å². The number of hydrogen-bond donors (Lipinski definition) is 2. The van der Waals surface area contributed by atoms with Crippen LogP contribution in [0.25, 0.3) is 0 Å². The van der Waals surface area contributed by atoms with E-state index >= 15 is 0 Å². The van der Waals surface area contributed by atoms with Gasteiger partial charge < -0.3 is 11.1 Å². The fourth-order valence-corrected chi connectivity index (χ4v) is 2.83. The van der Waals surface area contributed by atoms with Crippen LogP contribution in [0.15, 0.2) is 28.7 Å². The maximum atomic E-state index is 12.2. The van der Waals surface area contributed by atoms with Gasteiger partial charge in [0.1, 0.15) is 0 Å². The Morgan fingerprint density at radius 2 is 1.90 bits per heavy atom. The van der Waals surface area contributed by atoms with Crippen molar-refractivity contribution >= 4 is 21.8 Å². The van der Waals surface area contributed by atoms with E-state index in [-0.39, 0.29) is 17.9 Å². The molecule has 0 aliphatic heterocycles. The molecular formula is C17H27BrN2O. The second-order valence-corrected chi connectivity index (χ2v) is 6.93. The van der Waals surface area contributed by atoms with E-state index in [0.717, 1.165) is 22.9 Å². The number of nitrogens with one attached hydrogen (secondary N) is 1. The summed E-state index contributed by atoms with van der Waals surface area (Å²) in [4.78, 5) is 12.2. The Hall–Kier alpha value is -0.870. The van der Waals surface area contributed by atoms with Gasteiger partial charge in [0.15, 0.2) is 0 Å². The molecule has 2 atom stereocenters. The normalized spacial score (nSPS) is 14.0. The molecule has 0 saturated heterocycles. The molecule has 0 radical (unpaired) electrons. The number of hydrogen-bond acceptors (Lipinski definition) is 2. The lowest BCUT2D eigenvalue weighted by atomic mass is 9.93. The number of nitrogens with two attached hydrogens (primary N) is 1. The molecule has 0 bridgehead atoms. The van der Waals surface area contributed by atoms with E-state index in [0.29, 0.717) is 18.9 Å². The van der Waals surface area contributed by atoms with E-state index in [2.05, 4.69) is 42.0 Å². The third-order valence-electron chi connectivity index (χ3n) is 3.63. The Balaban J connectivity index is 2.60. The van der Waals surface area contributed by atoms with Crippen LogP contribution in [0.4, 0.5) is 0 Å². The second kappa shape index (κ2) is 9.21. The van der Waals surface area contributed by atoms with Crippen molar-refractivity contribution in [2.24, 2.45) is 17.6 Å². The summed E-state index contributed by atoms with van der Waals surface area (Å²) in [5.41, 5.74) is 6.92. The first kappa shape index (κ1) is 18.2. The molecule has 118 valence electrons. The van der Waals surface area contributed by atoms with Crippen LogP contribution in [0.5, 0.6) is 0 Å². The minimum absolute atomic E-state index is 0.0723. The maximum absolute atomic E-state index is 12.2. The average molecular weight is 355 g/mol. The standard InChI is InChI=1S/C17H27BrN2O/c1-4-16(14-5-7-15(18)8-6-14)20-17(21)10-13(11-19)9-12(2)3/h5-8,12-13,16H,4,9-11,19H2,1-3H3,(H,20,21)/t13-,16?/m0/s1. The number of carbonyl (C=O) groups excluding carboxylic acids is 1. The van der Waals surface area contributed by atoms with Crippen molar-refractivity contribution in [3.63, 3.8) is 0 Å². The van der Waals surface area contributed by atoms with E-state index in [4.69, 9.17) is 5.73 Å². The largest absolute Gasteiger partial charge is 0.349 e. The van der Waals surface area contributed by atoms with Crippen LogP contribution in [0, 0.1) is 11.8 Å². The lowest BCUT2D eigenvalue weighted by Gasteiger charge is -2.21. The molecule has 1 unspecified atom stereocenters. The van der Waals surface area contributed by atoms with Crippen LogP contribution in [0.3, 0.4) is 0 Å². The summed E-state index contributed by atoms with van der Waals surface area (Å²) < 4.78 is 1.05. The van der Waals surface area contributed by atoms with E-state index in [1.54, 1.807) is 0 Å². The van der Waals surface area contributed by atoms with Gasteiger partial charge in [-0.3, -0.25) is 4.79 Å². The van der Waals surface area contributed by atoms with Crippen molar-refractivity contribution in [1.29, 1.82) is 0 Å². The predicted molar refractivity (Wildman–Crippen MR) is 91.9 cm³/mol. The highest BCUT2D eigenvalue weighted by molar-refractivity contribution is 9.10. The quantitative estimate of drug-likeness (QED) is 0.740. The van der Waals surface area contributed by atoms with Gasteiger partial charge in [-0.2, -0.15) is 0 Å². The molecule has 0 aliphatic carbocycles. The summed E-state index contributed by atoms with van der Waals surface area (Å²) in [6.45, 7) is 6.98. The number of benzene rings is 1. The topological polar surface area (TPSA) is 55.1 Å². The Bertz CT molecular complexity index is 431. The molecule has 1 amide bonds. The number of halogens is 1. The molecule has 4 heteroatoms. The molecule has 3 N–H and O–H groups in total. The molecule has 0 heterocycles. The Morgan fingerprint density at radius 3 is 2.38 bits per heavy atom. The van der Waals surface area contributed by atoms with Crippen LogP contribution < -0.4 is 11.1 Å². The lowest BCUT2D eigenvalue weighted by molar-refractivity contribution is -0.122. The third-order valence-corrected chi connectivity index (χ3v) is 4.16. The molecule has 1 aromatic rings. The SMILES string of the molecule is CCC(NC(=O)C[C@@H](CN)CC(C)C)c1ccc(Br)cc1. The highest BCUT2D eigenvalue weighted by Crippen LogP contribution is 2.20. The van der Waals surface area contributed by atoms with E-state index in [1.165, 1.54) is 0 Å². The van der Waals surface area contributed by atoms with Crippen molar-refractivity contribution < 1.29 is 4.79 Å². The van der Waals surface area contributed by atoms with Crippen LogP contribution in [0.2, 0.25) is 0 Å². The molecule has 1 aromatic carbocycles. The van der Waals surface area contributed by atoms with Crippen LogP contribution in [-0.4, -0.2) is 12.5 Å². The Labute approximate surface area is 136 Å². The van der Waals surface area contributed by atoms with E-state index < -0.39 is 0 Å². The predicted octanol–water partition coefficient (Wildman–Crippen LogP) is 4.03. The third kappa shape index (κ3) is 6.62. The highest BCUT2D eigenvalue weighted by atomic mass is 79.9. The van der Waals surface area contributed by atoms with Gasteiger partial charge in [-0.25, -0.2) is 0 Å². The molecule has 0 spiro atoms. The van der Waals surface area contributed by atoms with Gasteiger partial charge in [0.25, 0.3) is 0 Å². The Morgan fingerprint density at radius 1 is 1.29 bits per heavy atom. The molecule has 1 rings (SSSR count). The summed E-state index contributed by atoms with van der Waals surface area (Å²) >= 11 is 3.43. The second-order valence-electron chi connectivity index (χ2n) is 6.02. The molecule has 3 nitrogen and oxygen atoms in total. The maximum Gasteiger partial charge on any atom is 0.220 e. The smallest absolute Gasteiger partial charge is 0.220 e. The molecular weight excluding hydrogens is 328 g/mol. The van der Waals surface area contributed by atoms with Gasteiger partial charge in [-0.15, -0.1) is 0 Å². The molecule has 0 saturated carbocycles. The van der Waals surface area contributed by atoms with Gasteiger partial charge in [0, 0.05) is 10.9 Å². The van der Waals surface area contributed by atoms with Gasteiger partial charge >= 0.3 is 0 Å². The lowest BCUT2D eigenvalue weighted by Crippen LogP contribution is -2.31. The molecule has 0 aromatic heterocycles. The van der Waals surface area contributed by atoms with Crippen LogP contribution in [-0.2, 0) is 4.79 Å². The van der Waals surface area contributed by atoms with Crippen molar-refractivity contribution in [3.8, 4) is 0 Å². The van der Waals surface area contributed by atoms with Gasteiger partial charge in [-0.1, -0.05) is 48.8 Å². The summed E-state index contributed by atoms with van der Waals surface area (Å²) in [7, 11) is 0. The summed E-state index contributed by atoms with van der Waals surface area (Å²) in [5.74, 6) is 0.938. The zero-order valence-corrected chi connectivity index (χ0v) is 14.8. The molecule has 0 fully saturated rings. The molecule has 0 aliphatic rings. The minimum Gasteiger partial charge on any atom is -0.349 e. The van der Waals surface area contributed by atoms with Crippen molar-refractivity contribution in [2.45, 2.75) is 46.1 Å². The number of amides is 1. The Kier molecular flexibility index (Phi) is 7.97. The fourth-order valence-electron chi connectivity index (χ4n) is 2.56. The zero-order chi connectivity index (χ0) is 15.8. The van der Waals surface area contributed by atoms with Crippen molar-refractivity contribution in [1.82, 2.24) is 5.32 Å². The fraction of sp³-hybridized carbons (Fsp3) is 0.588. The van der Waals surface area contributed by atoms with E-state index in [1.807, 2.05) is 24.3 Å². The van der Waals surface area contributed by atoms with Crippen molar-refractivity contribution in [2.75, 3.05) is 6.54 Å². The van der Waals surface area contributed by atoms with Crippen molar-refractivity contribution in [3.05, 3.63) is 34.3 Å². The zero-order valence-electron chi connectivity index (χ0n) is 13.2. The minimum atomic E-state index is 0.0723. The van der Waals surface area contributed by atoms with E-state index in [9.17, 15) is 4.79 Å². The number of carbonyl (C=O) groups is 1. The summed E-state index contributed by atoms with van der Waals surface area (Å²) in [6, 6.07) is 8.18. The van der Waals surface area contributed by atoms with Gasteiger partial charge in [-0.05, 0) is 48.9 Å². The first-order valence-electron chi connectivity index (χ1n) is 7.71. The van der Waals surface area contributed by atoms with Crippen LogP contribution >= 0.6 is 15.9 Å². The van der Waals surface area contributed by atoms with Gasteiger partial charge in [0.05, 0.1) is 6.04 Å². The number of rotatable bonds is 8. The first-order valence-corrected chi connectivity index (χ1v) is 8.50. The first-order chi connectivity index (χ1) is 9.96. The molecule has 21 heavy (non-hydrogen) atoms. The summed E-state index contributed by atoms with van der Waals surface area (Å²) in [6.07, 6.45) is 2.39.